The molecule has 2 amide bonds. The van der Waals surface area contributed by atoms with Gasteiger partial charge < -0.3 is 15.1 Å². The van der Waals surface area contributed by atoms with Gasteiger partial charge in [0.2, 0.25) is 17.8 Å². The minimum Gasteiger partial charge on any atom is -0.341 e. The Kier molecular flexibility index (Phi) is 6.62. The largest absolute Gasteiger partial charge is 0.341 e. The third-order valence-electron chi connectivity index (χ3n) is 5.59. The second-order valence-electron chi connectivity index (χ2n) is 7.73. The Morgan fingerprint density at radius 1 is 1.26 bits per heavy atom. The molecule has 0 saturated carbocycles. The molecule has 1 atom stereocenters. The number of amides is 2. The van der Waals surface area contributed by atoms with Gasteiger partial charge in [-0.3, -0.25) is 14.9 Å². The van der Waals surface area contributed by atoms with Gasteiger partial charge in [0.25, 0.3) is 0 Å². The number of benzene rings is 1. The summed E-state index contributed by atoms with van der Waals surface area (Å²) in [5, 5.41) is 14.8. The van der Waals surface area contributed by atoms with Crippen LogP contribution in [-0.4, -0.2) is 64.8 Å². The van der Waals surface area contributed by atoms with Crippen molar-refractivity contribution in [3.05, 3.63) is 23.7 Å². The van der Waals surface area contributed by atoms with Gasteiger partial charge in [-0.25, -0.2) is 9.98 Å². The van der Waals surface area contributed by atoms with Gasteiger partial charge in [-0.2, -0.15) is 5.26 Å². The van der Waals surface area contributed by atoms with Crippen LogP contribution in [0.2, 0.25) is 0 Å². The normalized spacial score (nSPS) is 19.9. The van der Waals surface area contributed by atoms with E-state index in [0.29, 0.717) is 13.0 Å². The second kappa shape index (κ2) is 9.75. The van der Waals surface area contributed by atoms with Crippen molar-refractivity contribution in [3.8, 4) is 6.19 Å². The van der Waals surface area contributed by atoms with Gasteiger partial charge in [-0.1, -0.05) is 0 Å². The Morgan fingerprint density at radius 2 is 2.06 bits per heavy atom. The number of carbonyl (C=O) groups is 2. The molecule has 162 valence electrons. The monoisotopic (exact) mass is 439 g/mol. The number of nitrogens with zero attached hydrogens (tertiary/aromatic N) is 5. The fourth-order valence-corrected chi connectivity index (χ4v) is 4.68. The summed E-state index contributed by atoms with van der Waals surface area (Å²) >= 11 is 1.52. The summed E-state index contributed by atoms with van der Waals surface area (Å²) in [4.78, 5) is 37.9. The van der Waals surface area contributed by atoms with Crippen LogP contribution in [0.15, 0.2) is 28.7 Å². The number of carbonyl (C=O) groups excluding carboxylic acids is 2. The fourth-order valence-electron chi connectivity index (χ4n) is 3.97. The quantitative estimate of drug-likeness (QED) is 0.327. The van der Waals surface area contributed by atoms with E-state index in [4.69, 9.17) is 5.26 Å². The standard InChI is InChI=1S/C21H25N7O2S/c22-13-23-21(25-15-6-7-16-18(11-15)31-14-24-16)26-17-5-1-2-10-28(20(17)30)12-19(29)27-8-3-4-9-27/h6-7,11,14,17H,1-5,8-10,12H2,(H2,23,25,26). The summed E-state index contributed by atoms with van der Waals surface area (Å²) in [5.41, 5.74) is 3.43. The van der Waals surface area contributed by atoms with Crippen LogP contribution in [0.25, 0.3) is 10.2 Å². The zero-order valence-corrected chi connectivity index (χ0v) is 18.0. The highest BCUT2D eigenvalue weighted by atomic mass is 32.1. The number of anilines is 1. The zero-order valence-electron chi connectivity index (χ0n) is 17.2. The van der Waals surface area contributed by atoms with Gasteiger partial charge in [-0.05, 0) is 50.3 Å². The van der Waals surface area contributed by atoms with Crippen LogP contribution in [0.4, 0.5) is 5.69 Å². The van der Waals surface area contributed by atoms with Crippen LogP contribution in [0, 0.1) is 11.5 Å². The number of likely N-dealkylation sites (tertiary alicyclic amines) is 2. The maximum Gasteiger partial charge on any atom is 0.247 e. The molecule has 31 heavy (non-hydrogen) atoms. The number of guanidine groups is 1. The Morgan fingerprint density at radius 3 is 2.87 bits per heavy atom. The fraction of sp³-hybridized carbons (Fsp3) is 0.476. The summed E-state index contributed by atoms with van der Waals surface area (Å²) in [6.45, 7) is 2.20. The van der Waals surface area contributed by atoms with Gasteiger partial charge in [0.05, 0.1) is 22.3 Å². The highest BCUT2D eigenvalue weighted by Crippen LogP contribution is 2.22. The molecule has 2 aromatic rings. The van der Waals surface area contributed by atoms with Crippen LogP contribution in [0.3, 0.4) is 0 Å². The molecule has 0 bridgehead atoms. The minimum absolute atomic E-state index is 0.00170. The van der Waals surface area contributed by atoms with E-state index >= 15 is 0 Å². The van der Waals surface area contributed by atoms with Crippen molar-refractivity contribution >= 4 is 45.0 Å². The van der Waals surface area contributed by atoms with Gasteiger partial charge in [0, 0.05) is 25.3 Å². The third kappa shape index (κ3) is 5.11. The number of hydrogen-bond acceptors (Lipinski definition) is 6. The lowest BCUT2D eigenvalue weighted by Gasteiger charge is -2.25. The predicted molar refractivity (Wildman–Crippen MR) is 119 cm³/mol. The SMILES string of the molecule is N#CNC(=NC1CCCCN(CC(=O)N2CCCC2)C1=O)Nc1ccc2ncsc2c1. The van der Waals surface area contributed by atoms with Crippen LogP contribution >= 0.6 is 11.3 Å². The summed E-state index contributed by atoms with van der Waals surface area (Å²) in [5.74, 6) is 0.0567. The van der Waals surface area contributed by atoms with E-state index in [1.54, 1.807) is 10.4 Å². The first kappa shape index (κ1) is 21.1. The minimum atomic E-state index is -0.635. The van der Waals surface area contributed by atoms with E-state index in [1.165, 1.54) is 11.3 Å². The van der Waals surface area contributed by atoms with Crippen molar-refractivity contribution in [2.45, 2.75) is 38.1 Å². The molecule has 2 aliphatic heterocycles. The smallest absolute Gasteiger partial charge is 0.247 e. The Bertz CT molecular complexity index is 1020. The maximum atomic E-state index is 13.1. The molecule has 0 spiro atoms. The lowest BCUT2D eigenvalue weighted by Crippen LogP contribution is -2.45. The number of nitriles is 1. The lowest BCUT2D eigenvalue weighted by atomic mass is 10.1. The maximum absolute atomic E-state index is 13.1. The molecule has 0 aliphatic carbocycles. The molecule has 1 aromatic heterocycles. The molecule has 3 heterocycles. The molecule has 4 rings (SSSR count). The van der Waals surface area contributed by atoms with Crippen molar-refractivity contribution in [2.24, 2.45) is 4.99 Å². The van der Waals surface area contributed by atoms with E-state index in [-0.39, 0.29) is 24.3 Å². The molecule has 2 aliphatic rings. The Labute approximate surface area is 184 Å². The van der Waals surface area contributed by atoms with Crippen molar-refractivity contribution in [1.82, 2.24) is 20.1 Å². The van der Waals surface area contributed by atoms with E-state index in [2.05, 4.69) is 20.6 Å². The van der Waals surface area contributed by atoms with Crippen LogP contribution < -0.4 is 10.6 Å². The number of fused-ring (bicyclic) bond motifs is 1. The predicted octanol–water partition coefficient (Wildman–Crippen LogP) is 2.14. The number of aromatic nitrogens is 1. The van der Waals surface area contributed by atoms with E-state index in [0.717, 1.165) is 54.7 Å². The molecule has 10 heteroatoms. The summed E-state index contributed by atoms with van der Waals surface area (Å²) < 4.78 is 1.01. The van der Waals surface area contributed by atoms with Crippen LogP contribution in [0.1, 0.15) is 32.1 Å². The van der Waals surface area contributed by atoms with Gasteiger partial charge in [0.1, 0.15) is 6.04 Å². The van der Waals surface area contributed by atoms with Crippen LogP contribution in [0.5, 0.6) is 0 Å². The van der Waals surface area contributed by atoms with E-state index < -0.39 is 6.04 Å². The molecule has 9 nitrogen and oxygen atoms in total. The first-order chi connectivity index (χ1) is 15.1. The zero-order chi connectivity index (χ0) is 21.6. The lowest BCUT2D eigenvalue weighted by molar-refractivity contribution is -0.140. The molecule has 2 fully saturated rings. The summed E-state index contributed by atoms with van der Waals surface area (Å²) in [7, 11) is 0. The number of hydrogen-bond donors (Lipinski definition) is 2. The average molecular weight is 440 g/mol. The van der Waals surface area contributed by atoms with E-state index in [9.17, 15) is 9.59 Å². The first-order valence-corrected chi connectivity index (χ1v) is 11.4. The number of nitrogens with one attached hydrogen (secondary N) is 2. The highest BCUT2D eigenvalue weighted by molar-refractivity contribution is 7.16. The number of rotatable bonds is 4. The average Bonchev–Trinajstić information content (AvgIpc) is 3.43. The molecule has 0 radical (unpaired) electrons. The molecular formula is C21H25N7O2S. The highest BCUT2D eigenvalue weighted by Gasteiger charge is 2.30. The van der Waals surface area contributed by atoms with Gasteiger partial charge in [0.15, 0.2) is 6.19 Å². The molecule has 1 aromatic carbocycles. The molecule has 2 saturated heterocycles. The number of thiazole rings is 1. The summed E-state index contributed by atoms with van der Waals surface area (Å²) in [6, 6.07) is 5.04. The molecule has 2 N–H and O–H groups in total. The van der Waals surface area contributed by atoms with Gasteiger partial charge in [-0.15, -0.1) is 11.3 Å². The van der Waals surface area contributed by atoms with Crippen LogP contribution in [-0.2, 0) is 9.59 Å². The third-order valence-corrected chi connectivity index (χ3v) is 6.38. The van der Waals surface area contributed by atoms with E-state index in [1.807, 2.05) is 29.3 Å². The molecular weight excluding hydrogens is 414 g/mol. The van der Waals surface area contributed by atoms with Gasteiger partial charge >= 0.3 is 0 Å². The number of aliphatic imine (C=N–C) groups is 1. The van der Waals surface area contributed by atoms with Crippen molar-refractivity contribution < 1.29 is 9.59 Å². The first-order valence-electron chi connectivity index (χ1n) is 10.5. The summed E-state index contributed by atoms with van der Waals surface area (Å²) in [6.07, 6.45) is 6.18. The molecule has 1 unspecified atom stereocenters. The Hall–Kier alpha value is -3.19. The van der Waals surface area contributed by atoms with Crippen molar-refractivity contribution in [3.63, 3.8) is 0 Å². The second-order valence-corrected chi connectivity index (χ2v) is 8.62. The van der Waals surface area contributed by atoms with Crippen molar-refractivity contribution in [1.29, 1.82) is 5.26 Å². The topological polar surface area (TPSA) is 114 Å². The Balaban J connectivity index is 1.48. The van der Waals surface area contributed by atoms with Crippen molar-refractivity contribution in [2.75, 3.05) is 31.5 Å².